The van der Waals surface area contributed by atoms with E-state index < -0.39 is 17.6 Å². The number of hydrogen-bond donors (Lipinski definition) is 1. The summed E-state index contributed by atoms with van der Waals surface area (Å²) < 4.78 is 58.2. The van der Waals surface area contributed by atoms with Crippen LogP contribution in [0.4, 0.5) is 17.6 Å². The predicted octanol–water partition coefficient (Wildman–Crippen LogP) is 2.86. The van der Waals surface area contributed by atoms with Crippen LogP contribution in [-0.4, -0.2) is 67.6 Å². The lowest BCUT2D eigenvalue weighted by molar-refractivity contribution is -0.142. The summed E-state index contributed by atoms with van der Waals surface area (Å²) in [6.07, 6.45) is -3.38. The zero-order valence-electron chi connectivity index (χ0n) is 16.5. The molecule has 2 aliphatic heterocycles. The van der Waals surface area contributed by atoms with E-state index in [1.165, 1.54) is 0 Å². The molecular formula is C19H25F4IN4O2. The van der Waals surface area contributed by atoms with Crippen molar-refractivity contribution in [3.63, 3.8) is 0 Å². The van der Waals surface area contributed by atoms with E-state index >= 15 is 0 Å². The van der Waals surface area contributed by atoms with Crippen molar-refractivity contribution in [3.05, 3.63) is 35.1 Å². The molecule has 0 aliphatic carbocycles. The third kappa shape index (κ3) is 5.96. The van der Waals surface area contributed by atoms with Gasteiger partial charge in [0, 0.05) is 46.4 Å². The van der Waals surface area contributed by atoms with Crippen molar-refractivity contribution in [1.29, 1.82) is 0 Å². The number of nitrogens with one attached hydrogen (secondary N) is 1. The molecule has 1 amide bonds. The lowest BCUT2D eigenvalue weighted by atomic mass is 10.1. The monoisotopic (exact) mass is 544 g/mol. The smallest absolute Gasteiger partial charge is 0.368 e. The van der Waals surface area contributed by atoms with Gasteiger partial charge in [-0.15, -0.1) is 24.0 Å². The first-order valence-corrected chi connectivity index (χ1v) is 9.51. The number of halogens is 5. The maximum atomic E-state index is 13.3. The number of guanidine groups is 1. The van der Waals surface area contributed by atoms with Crippen LogP contribution >= 0.6 is 24.0 Å². The third-order valence-corrected chi connectivity index (χ3v) is 5.12. The molecule has 0 aromatic heterocycles. The number of piperazine rings is 1. The van der Waals surface area contributed by atoms with Gasteiger partial charge in [0.25, 0.3) is 5.91 Å². The molecule has 1 unspecified atom stereocenters. The van der Waals surface area contributed by atoms with Gasteiger partial charge < -0.3 is 19.9 Å². The molecule has 0 spiro atoms. The summed E-state index contributed by atoms with van der Waals surface area (Å²) in [5.41, 5.74) is -1.07. The van der Waals surface area contributed by atoms with Gasteiger partial charge in [0.15, 0.2) is 5.96 Å². The van der Waals surface area contributed by atoms with Gasteiger partial charge in [-0.05, 0) is 30.5 Å². The van der Waals surface area contributed by atoms with Gasteiger partial charge >= 0.3 is 6.18 Å². The number of ether oxygens (including phenoxy) is 1. The maximum absolute atomic E-state index is 13.3. The van der Waals surface area contributed by atoms with Gasteiger partial charge in [0.1, 0.15) is 11.9 Å². The summed E-state index contributed by atoms with van der Waals surface area (Å²) in [7, 11) is 1.54. The van der Waals surface area contributed by atoms with Crippen LogP contribution in [0.25, 0.3) is 0 Å². The average molecular weight is 544 g/mol. The minimum absolute atomic E-state index is 0. The number of aliphatic imine (C=N–C) groups is 1. The Morgan fingerprint density at radius 1 is 1.23 bits per heavy atom. The maximum Gasteiger partial charge on any atom is 0.416 e. The molecule has 6 nitrogen and oxygen atoms in total. The molecule has 2 fully saturated rings. The number of hydrogen-bond acceptors (Lipinski definition) is 3. The van der Waals surface area contributed by atoms with Gasteiger partial charge in [0.05, 0.1) is 5.56 Å². The molecule has 0 radical (unpaired) electrons. The number of nitrogens with zero attached hydrogens (tertiary/aromatic N) is 3. The fourth-order valence-corrected chi connectivity index (χ4v) is 3.59. The highest BCUT2D eigenvalue weighted by molar-refractivity contribution is 14.0. The fourth-order valence-electron chi connectivity index (χ4n) is 3.59. The Hall–Kier alpha value is -1.63. The van der Waals surface area contributed by atoms with Crippen LogP contribution in [0.5, 0.6) is 0 Å². The number of amides is 1. The highest BCUT2D eigenvalue weighted by Crippen LogP contribution is 2.32. The zero-order valence-corrected chi connectivity index (χ0v) is 18.9. The number of rotatable bonds is 3. The Labute approximate surface area is 189 Å². The van der Waals surface area contributed by atoms with Crippen molar-refractivity contribution in [2.24, 2.45) is 4.99 Å². The van der Waals surface area contributed by atoms with E-state index in [0.29, 0.717) is 44.8 Å². The van der Waals surface area contributed by atoms with Gasteiger partial charge in [-0.1, -0.05) is 6.07 Å². The first kappa shape index (κ1) is 24.6. The van der Waals surface area contributed by atoms with Crippen LogP contribution < -0.4 is 5.32 Å². The topological polar surface area (TPSA) is 57.2 Å². The molecule has 0 bridgehead atoms. The summed E-state index contributed by atoms with van der Waals surface area (Å²) in [5, 5.41) is 2.91. The molecule has 2 heterocycles. The molecule has 1 aromatic carbocycles. The lowest BCUT2D eigenvalue weighted by Crippen LogP contribution is -2.55. The van der Waals surface area contributed by atoms with Crippen LogP contribution in [0.1, 0.15) is 24.0 Å². The summed E-state index contributed by atoms with van der Waals surface area (Å²) in [4.78, 5) is 20.2. The molecule has 1 atom stereocenters. The minimum atomic E-state index is -4.64. The summed E-state index contributed by atoms with van der Waals surface area (Å²) in [6.45, 7) is 2.46. The Kier molecular flexibility index (Phi) is 8.71. The van der Waals surface area contributed by atoms with Crippen molar-refractivity contribution in [1.82, 2.24) is 15.1 Å². The van der Waals surface area contributed by atoms with Gasteiger partial charge in [0.2, 0.25) is 0 Å². The van der Waals surface area contributed by atoms with Crippen LogP contribution in [-0.2, 0) is 22.3 Å². The van der Waals surface area contributed by atoms with E-state index in [4.69, 9.17) is 4.74 Å². The second-order valence-corrected chi connectivity index (χ2v) is 7.01. The van der Waals surface area contributed by atoms with Crippen molar-refractivity contribution in [3.8, 4) is 0 Å². The van der Waals surface area contributed by atoms with E-state index in [1.807, 2.05) is 4.90 Å². The van der Waals surface area contributed by atoms with E-state index in [2.05, 4.69) is 10.3 Å². The number of benzene rings is 1. The van der Waals surface area contributed by atoms with E-state index in [0.717, 1.165) is 25.0 Å². The second kappa shape index (κ2) is 10.6. The summed E-state index contributed by atoms with van der Waals surface area (Å²) in [5.74, 6) is -0.504. The molecule has 2 saturated heterocycles. The van der Waals surface area contributed by atoms with Crippen LogP contribution in [0.15, 0.2) is 23.2 Å². The van der Waals surface area contributed by atoms with Crippen molar-refractivity contribution in [2.75, 3.05) is 39.8 Å². The minimum Gasteiger partial charge on any atom is -0.368 e. The Morgan fingerprint density at radius 3 is 2.47 bits per heavy atom. The van der Waals surface area contributed by atoms with Crippen molar-refractivity contribution >= 4 is 35.8 Å². The normalized spacial score (nSPS) is 20.2. The zero-order chi connectivity index (χ0) is 21.0. The number of carbonyl (C=O) groups is 1. The Bertz CT molecular complexity index is 761. The second-order valence-electron chi connectivity index (χ2n) is 7.01. The number of alkyl halides is 3. The Morgan fingerprint density at radius 2 is 1.90 bits per heavy atom. The first-order valence-electron chi connectivity index (χ1n) is 9.51. The lowest BCUT2D eigenvalue weighted by Gasteiger charge is -2.37. The molecule has 3 rings (SSSR count). The average Bonchev–Trinajstić information content (AvgIpc) is 3.23. The van der Waals surface area contributed by atoms with Crippen LogP contribution in [0.3, 0.4) is 0 Å². The highest BCUT2D eigenvalue weighted by Gasteiger charge is 2.34. The molecule has 11 heteroatoms. The third-order valence-electron chi connectivity index (χ3n) is 5.12. The fraction of sp³-hybridized carbons (Fsp3) is 0.579. The van der Waals surface area contributed by atoms with E-state index in [-0.39, 0.29) is 48.1 Å². The standard InChI is InChI=1S/C19H24F4N4O2.HI/c1-24-18(25-12-13-4-5-14(20)11-15(13)19(21,22)23)27-8-6-26(7-9-27)17(28)16-3-2-10-29-16;/h4-5,11,16H,2-3,6-10,12H2,1H3,(H,24,25);1H. The predicted molar refractivity (Wildman–Crippen MR) is 114 cm³/mol. The molecule has 1 aromatic rings. The highest BCUT2D eigenvalue weighted by atomic mass is 127. The van der Waals surface area contributed by atoms with Gasteiger partial charge in [-0.2, -0.15) is 13.2 Å². The first-order chi connectivity index (χ1) is 13.8. The number of carbonyl (C=O) groups excluding carboxylic acids is 1. The largest absolute Gasteiger partial charge is 0.416 e. The molecule has 1 N–H and O–H groups in total. The van der Waals surface area contributed by atoms with E-state index in [9.17, 15) is 22.4 Å². The molecule has 30 heavy (non-hydrogen) atoms. The van der Waals surface area contributed by atoms with E-state index in [1.54, 1.807) is 11.9 Å². The molecule has 0 saturated carbocycles. The summed E-state index contributed by atoms with van der Waals surface area (Å²) >= 11 is 0. The molecule has 168 valence electrons. The van der Waals surface area contributed by atoms with Crippen molar-refractivity contribution < 1.29 is 27.1 Å². The van der Waals surface area contributed by atoms with Crippen LogP contribution in [0.2, 0.25) is 0 Å². The van der Waals surface area contributed by atoms with Gasteiger partial charge in [-0.25, -0.2) is 4.39 Å². The summed E-state index contributed by atoms with van der Waals surface area (Å²) in [6, 6.07) is 2.62. The Balaban J connectivity index is 0.00000320. The van der Waals surface area contributed by atoms with Crippen molar-refractivity contribution in [2.45, 2.75) is 31.7 Å². The molecular weight excluding hydrogens is 519 g/mol. The van der Waals surface area contributed by atoms with Crippen LogP contribution in [0, 0.1) is 5.82 Å². The quantitative estimate of drug-likeness (QED) is 0.276. The SMILES string of the molecule is CN=C(NCc1ccc(F)cc1C(F)(F)F)N1CCN(C(=O)C2CCCO2)CC1.I. The van der Waals surface area contributed by atoms with Gasteiger partial charge in [-0.3, -0.25) is 9.79 Å². The molecule has 2 aliphatic rings.